The largest absolute Gasteiger partial charge is 0.573 e. The number of nitrogens with one attached hydrogen (secondary N) is 1. The smallest absolute Gasteiger partial charge is 0.403 e. The van der Waals surface area contributed by atoms with Crippen LogP contribution in [-0.2, 0) is 4.79 Å². The number of anilines is 1. The van der Waals surface area contributed by atoms with Gasteiger partial charge >= 0.3 is 6.36 Å². The van der Waals surface area contributed by atoms with Gasteiger partial charge in [-0.05, 0) is 30.7 Å². The van der Waals surface area contributed by atoms with Gasteiger partial charge in [-0.2, -0.15) is 0 Å². The van der Waals surface area contributed by atoms with E-state index in [1.165, 1.54) is 17.9 Å². The number of amides is 1. The Kier molecular flexibility index (Phi) is 6.09. The maximum absolute atomic E-state index is 14.4. The van der Waals surface area contributed by atoms with Crippen LogP contribution in [0.2, 0.25) is 0 Å². The SMILES string of the molecule is CC(=O)N[C@@H]1CCN(c2cc(-c3ccc(OC(F)(F)F)c(F)c3)ncc2F)C[C@H]1F. The van der Waals surface area contributed by atoms with Gasteiger partial charge in [0.25, 0.3) is 0 Å². The zero-order valence-corrected chi connectivity index (χ0v) is 15.6. The Hall–Kier alpha value is -2.98. The highest BCUT2D eigenvalue weighted by Gasteiger charge is 2.33. The van der Waals surface area contributed by atoms with Crippen LogP contribution in [0.4, 0.5) is 32.0 Å². The lowest BCUT2D eigenvalue weighted by molar-refractivity contribution is -0.275. The molecule has 162 valence electrons. The van der Waals surface area contributed by atoms with E-state index in [1.54, 1.807) is 0 Å². The van der Waals surface area contributed by atoms with Crippen molar-refractivity contribution in [3.05, 3.63) is 42.1 Å². The van der Waals surface area contributed by atoms with Crippen molar-refractivity contribution in [2.24, 2.45) is 0 Å². The lowest BCUT2D eigenvalue weighted by Crippen LogP contribution is -2.52. The molecule has 11 heteroatoms. The molecule has 5 nitrogen and oxygen atoms in total. The average molecular weight is 433 g/mol. The molecule has 1 saturated heterocycles. The highest BCUT2D eigenvalue weighted by atomic mass is 19.4. The van der Waals surface area contributed by atoms with Crippen LogP contribution in [-0.4, -0.2) is 42.6 Å². The summed E-state index contributed by atoms with van der Waals surface area (Å²) in [7, 11) is 0. The minimum Gasteiger partial charge on any atom is -0.403 e. The molecule has 0 spiro atoms. The van der Waals surface area contributed by atoms with Crippen LogP contribution in [0.25, 0.3) is 11.3 Å². The number of ether oxygens (including phenoxy) is 1. The first kappa shape index (κ1) is 21.7. The number of carbonyl (C=O) groups is 1. The summed E-state index contributed by atoms with van der Waals surface area (Å²) in [4.78, 5) is 16.4. The molecule has 1 aromatic carbocycles. The van der Waals surface area contributed by atoms with Crippen LogP contribution >= 0.6 is 0 Å². The van der Waals surface area contributed by atoms with Gasteiger partial charge in [0.2, 0.25) is 5.91 Å². The van der Waals surface area contributed by atoms with Gasteiger partial charge in [0.15, 0.2) is 17.4 Å². The fraction of sp³-hybridized carbons (Fsp3) is 0.368. The number of hydrogen-bond acceptors (Lipinski definition) is 4. The van der Waals surface area contributed by atoms with Gasteiger partial charge < -0.3 is 15.0 Å². The van der Waals surface area contributed by atoms with Gasteiger partial charge in [-0.1, -0.05) is 0 Å². The molecule has 1 N–H and O–H groups in total. The van der Waals surface area contributed by atoms with Crippen LogP contribution in [0.1, 0.15) is 13.3 Å². The molecule has 0 aliphatic carbocycles. The fourth-order valence-corrected chi connectivity index (χ4v) is 3.24. The molecule has 2 atom stereocenters. The zero-order chi connectivity index (χ0) is 22.1. The first-order valence-electron chi connectivity index (χ1n) is 8.91. The highest BCUT2D eigenvalue weighted by molar-refractivity contribution is 5.73. The highest BCUT2D eigenvalue weighted by Crippen LogP contribution is 2.32. The van der Waals surface area contributed by atoms with Crippen LogP contribution in [0.5, 0.6) is 5.75 Å². The monoisotopic (exact) mass is 433 g/mol. The molecule has 3 rings (SSSR count). The van der Waals surface area contributed by atoms with E-state index < -0.39 is 36.0 Å². The lowest BCUT2D eigenvalue weighted by Gasteiger charge is -2.36. The number of nitrogens with zero attached hydrogens (tertiary/aromatic N) is 2. The molecule has 0 radical (unpaired) electrons. The number of piperidine rings is 1. The van der Waals surface area contributed by atoms with Crippen LogP contribution in [0, 0.1) is 11.6 Å². The Morgan fingerprint density at radius 3 is 2.57 bits per heavy atom. The van der Waals surface area contributed by atoms with Crippen molar-refractivity contribution in [2.75, 3.05) is 18.0 Å². The van der Waals surface area contributed by atoms with Crippen molar-refractivity contribution in [3.8, 4) is 17.0 Å². The van der Waals surface area contributed by atoms with Gasteiger partial charge in [0.1, 0.15) is 6.17 Å². The summed E-state index contributed by atoms with van der Waals surface area (Å²) in [5.74, 6) is -3.37. The van der Waals surface area contributed by atoms with Crippen molar-refractivity contribution in [1.29, 1.82) is 0 Å². The third-order valence-corrected chi connectivity index (χ3v) is 4.56. The van der Waals surface area contributed by atoms with Crippen molar-refractivity contribution < 1.29 is 35.9 Å². The van der Waals surface area contributed by atoms with E-state index in [1.807, 2.05) is 0 Å². The van der Waals surface area contributed by atoms with E-state index >= 15 is 0 Å². The summed E-state index contributed by atoms with van der Waals surface area (Å²) in [6.07, 6.45) is -5.36. The maximum Gasteiger partial charge on any atom is 0.573 e. The normalized spacial score (nSPS) is 19.5. The number of carbonyl (C=O) groups excluding carboxylic acids is 1. The molecule has 1 fully saturated rings. The summed E-state index contributed by atoms with van der Waals surface area (Å²) >= 11 is 0. The molecule has 0 bridgehead atoms. The molecule has 1 aliphatic heterocycles. The summed E-state index contributed by atoms with van der Waals surface area (Å²) in [5, 5.41) is 2.50. The second-order valence-corrected chi connectivity index (χ2v) is 6.77. The molecule has 2 aromatic rings. The zero-order valence-electron chi connectivity index (χ0n) is 15.6. The van der Waals surface area contributed by atoms with Gasteiger partial charge in [0.05, 0.1) is 30.2 Å². The topological polar surface area (TPSA) is 54.5 Å². The number of rotatable bonds is 4. The number of benzene rings is 1. The fourth-order valence-electron chi connectivity index (χ4n) is 3.24. The van der Waals surface area contributed by atoms with Gasteiger partial charge in [-0.25, -0.2) is 13.2 Å². The number of halogens is 6. The van der Waals surface area contributed by atoms with Crippen LogP contribution in [0.3, 0.4) is 0 Å². The Balaban J connectivity index is 1.82. The maximum atomic E-state index is 14.4. The number of hydrogen-bond donors (Lipinski definition) is 1. The molecular formula is C19H17F6N3O2. The van der Waals surface area contributed by atoms with E-state index in [0.717, 1.165) is 24.4 Å². The molecule has 1 aromatic heterocycles. The van der Waals surface area contributed by atoms with E-state index in [9.17, 15) is 31.1 Å². The lowest BCUT2D eigenvalue weighted by atomic mass is 10.0. The molecule has 30 heavy (non-hydrogen) atoms. The standard InChI is InChI=1S/C19H17F6N3O2/c1-10(29)27-15-4-5-28(9-14(15)22)17-7-16(26-8-13(17)21)11-2-3-18(12(20)6-11)30-19(23,24)25/h2-3,6-8,14-15H,4-5,9H2,1H3,(H,27,29)/t14-,15-/m1/s1. The Bertz CT molecular complexity index is 937. The molecular weight excluding hydrogens is 416 g/mol. The number of aromatic nitrogens is 1. The van der Waals surface area contributed by atoms with Crippen molar-refractivity contribution in [1.82, 2.24) is 10.3 Å². The van der Waals surface area contributed by atoms with Gasteiger partial charge in [-0.3, -0.25) is 9.78 Å². The summed E-state index contributed by atoms with van der Waals surface area (Å²) in [6.45, 7) is 1.34. The van der Waals surface area contributed by atoms with Crippen LogP contribution < -0.4 is 15.0 Å². The van der Waals surface area contributed by atoms with Crippen LogP contribution in [0.15, 0.2) is 30.5 Å². The van der Waals surface area contributed by atoms with E-state index in [0.29, 0.717) is 0 Å². The van der Waals surface area contributed by atoms with E-state index in [2.05, 4.69) is 15.0 Å². The van der Waals surface area contributed by atoms with Gasteiger partial charge in [0, 0.05) is 19.0 Å². The minimum absolute atomic E-state index is 0.0138. The Morgan fingerprint density at radius 1 is 1.23 bits per heavy atom. The van der Waals surface area contributed by atoms with Gasteiger partial charge in [-0.15, -0.1) is 13.2 Å². The van der Waals surface area contributed by atoms with Crippen molar-refractivity contribution in [2.45, 2.75) is 31.9 Å². The average Bonchev–Trinajstić information content (AvgIpc) is 2.64. The predicted molar refractivity (Wildman–Crippen MR) is 95.6 cm³/mol. The third kappa shape index (κ3) is 5.14. The third-order valence-electron chi connectivity index (χ3n) is 4.56. The second-order valence-electron chi connectivity index (χ2n) is 6.77. The predicted octanol–water partition coefficient (Wildman–Crippen LogP) is 3.98. The quantitative estimate of drug-likeness (QED) is 0.742. The minimum atomic E-state index is -5.05. The first-order valence-corrected chi connectivity index (χ1v) is 8.91. The molecule has 0 unspecified atom stereocenters. The first-order chi connectivity index (χ1) is 14.0. The molecule has 0 saturated carbocycles. The van der Waals surface area contributed by atoms with E-state index in [4.69, 9.17) is 0 Å². The van der Waals surface area contributed by atoms with Crippen molar-refractivity contribution >= 4 is 11.6 Å². The second kappa shape index (κ2) is 8.41. The summed E-state index contributed by atoms with van der Waals surface area (Å²) < 4.78 is 83.1. The molecule has 1 amide bonds. The summed E-state index contributed by atoms with van der Waals surface area (Å²) in [6, 6.07) is 3.30. The van der Waals surface area contributed by atoms with Crippen molar-refractivity contribution in [3.63, 3.8) is 0 Å². The van der Waals surface area contributed by atoms with E-state index in [-0.39, 0.29) is 42.4 Å². The number of alkyl halides is 4. The Labute approximate surface area is 167 Å². The number of pyridine rings is 1. The summed E-state index contributed by atoms with van der Waals surface area (Å²) in [5.41, 5.74) is 0.191. The molecule has 2 heterocycles. The Morgan fingerprint density at radius 2 is 1.97 bits per heavy atom. The molecule has 1 aliphatic rings.